The molecule has 1 aliphatic rings. The first-order valence-electron chi connectivity index (χ1n) is 7.43. The number of aromatic nitrogens is 1. The zero-order valence-corrected chi connectivity index (χ0v) is 13.3. The molecule has 1 aliphatic carbocycles. The van der Waals surface area contributed by atoms with Crippen molar-refractivity contribution >= 4 is 11.3 Å². The maximum atomic E-state index is 5.89. The molecule has 0 saturated carbocycles. The standard InChI is InChI=1S/C15H26N2OS/c1-5-18-14(10(2)3)15-17-13-11(9-16-4)7-6-8-12(13)19-15/h10-11,14,16H,5-9H2,1-4H3. The van der Waals surface area contributed by atoms with Crippen LogP contribution in [0.15, 0.2) is 0 Å². The molecule has 0 aliphatic heterocycles. The molecule has 2 atom stereocenters. The quantitative estimate of drug-likeness (QED) is 0.867. The van der Waals surface area contributed by atoms with Crippen molar-refractivity contribution in [1.29, 1.82) is 0 Å². The summed E-state index contributed by atoms with van der Waals surface area (Å²) in [6.07, 6.45) is 3.92. The van der Waals surface area contributed by atoms with Crippen molar-refractivity contribution in [3.63, 3.8) is 0 Å². The normalized spacial score (nSPS) is 20.6. The number of nitrogens with zero attached hydrogens (tertiary/aromatic N) is 1. The van der Waals surface area contributed by atoms with Gasteiger partial charge in [0.2, 0.25) is 0 Å². The van der Waals surface area contributed by atoms with Crippen LogP contribution in [0.3, 0.4) is 0 Å². The van der Waals surface area contributed by atoms with Gasteiger partial charge in [-0.25, -0.2) is 4.98 Å². The fourth-order valence-electron chi connectivity index (χ4n) is 2.82. The Kier molecular flexibility index (Phi) is 5.37. The lowest BCUT2D eigenvalue weighted by molar-refractivity contribution is 0.0291. The maximum absolute atomic E-state index is 5.89. The van der Waals surface area contributed by atoms with Crippen LogP contribution in [-0.4, -0.2) is 25.2 Å². The van der Waals surface area contributed by atoms with Crippen molar-refractivity contribution in [2.75, 3.05) is 20.2 Å². The molecule has 1 N–H and O–H groups in total. The Hall–Kier alpha value is -0.450. The Morgan fingerprint density at radius 2 is 2.26 bits per heavy atom. The Morgan fingerprint density at radius 3 is 2.89 bits per heavy atom. The molecule has 1 aromatic heterocycles. The average Bonchev–Trinajstić information content (AvgIpc) is 2.80. The molecular weight excluding hydrogens is 256 g/mol. The van der Waals surface area contributed by atoms with Crippen molar-refractivity contribution in [3.8, 4) is 0 Å². The fourth-order valence-corrected chi connectivity index (χ4v) is 4.24. The lowest BCUT2D eigenvalue weighted by Crippen LogP contribution is -2.21. The molecule has 0 fully saturated rings. The third kappa shape index (κ3) is 3.36. The van der Waals surface area contributed by atoms with Gasteiger partial charge in [0.1, 0.15) is 11.1 Å². The fraction of sp³-hybridized carbons (Fsp3) is 0.800. The van der Waals surface area contributed by atoms with Crippen molar-refractivity contribution in [3.05, 3.63) is 15.6 Å². The molecule has 2 unspecified atom stereocenters. The molecule has 0 aromatic carbocycles. The molecule has 1 heterocycles. The first-order chi connectivity index (χ1) is 9.17. The number of thiazole rings is 1. The number of fused-ring (bicyclic) bond motifs is 1. The molecule has 1 aromatic rings. The zero-order valence-electron chi connectivity index (χ0n) is 12.5. The van der Waals surface area contributed by atoms with Crippen LogP contribution in [-0.2, 0) is 11.2 Å². The first-order valence-corrected chi connectivity index (χ1v) is 8.24. The van der Waals surface area contributed by atoms with Crippen molar-refractivity contribution in [2.24, 2.45) is 5.92 Å². The monoisotopic (exact) mass is 282 g/mol. The minimum absolute atomic E-state index is 0.163. The molecule has 4 heteroatoms. The van der Waals surface area contributed by atoms with Gasteiger partial charge in [0, 0.05) is 23.9 Å². The van der Waals surface area contributed by atoms with Gasteiger partial charge in [-0.3, -0.25) is 0 Å². The Labute approximate surface area is 120 Å². The number of nitrogens with one attached hydrogen (secondary N) is 1. The molecule has 2 rings (SSSR count). The molecule has 19 heavy (non-hydrogen) atoms. The van der Waals surface area contributed by atoms with Gasteiger partial charge in [0.05, 0.1) is 5.69 Å². The van der Waals surface area contributed by atoms with E-state index in [1.165, 1.54) is 34.8 Å². The van der Waals surface area contributed by atoms with Crippen LogP contribution >= 0.6 is 11.3 Å². The number of hydrogen-bond acceptors (Lipinski definition) is 4. The van der Waals surface area contributed by atoms with Crippen molar-refractivity contribution < 1.29 is 4.74 Å². The van der Waals surface area contributed by atoms with Gasteiger partial charge in [-0.1, -0.05) is 13.8 Å². The zero-order chi connectivity index (χ0) is 13.8. The average molecular weight is 282 g/mol. The predicted octanol–water partition coefficient (Wildman–Crippen LogP) is 3.52. The molecular formula is C15H26N2OS. The van der Waals surface area contributed by atoms with E-state index < -0.39 is 0 Å². The molecule has 0 radical (unpaired) electrons. The summed E-state index contributed by atoms with van der Waals surface area (Å²) in [4.78, 5) is 6.44. The largest absolute Gasteiger partial charge is 0.371 e. The minimum Gasteiger partial charge on any atom is -0.371 e. The van der Waals surface area contributed by atoms with Crippen LogP contribution in [0.4, 0.5) is 0 Å². The van der Waals surface area contributed by atoms with Gasteiger partial charge >= 0.3 is 0 Å². The van der Waals surface area contributed by atoms with Crippen LogP contribution in [0.25, 0.3) is 0 Å². The van der Waals surface area contributed by atoms with Crippen LogP contribution in [0, 0.1) is 5.92 Å². The highest BCUT2D eigenvalue weighted by molar-refractivity contribution is 7.11. The highest BCUT2D eigenvalue weighted by Gasteiger charge is 2.28. The molecule has 0 amide bonds. The molecule has 3 nitrogen and oxygen atoms in total. The summed E-state index contributed by atoms with van der Waals surface area (Å²) >= 11 is 1.88. The topological polar surface area (TPSA) is 34.1 Å². The minimum atomic E-state index is 0.163. The smallest absolute Gasteiger partial charge is 0.122 e. The van der Waals surface area contributed by atoms with E-state index in [1.807, 2.05) is 18.4 Å². The number of rotatable bonds is 6. The van der Waals surface area contributed by atoms with Crippen LogP contribution in [0.2, 0.25) is 0 Å². The molecule has 0 spiro atoms. The van der Waals surface area contributed by atoms with Crippen LogP contribution in [0.5, 0.6) is 0 Å². The molecule has 0 saturated heterocycles. The van der Waals surface area contributed by atoms with Crippen LogP contribution < -0.4 is 5.32 Å². The van der Waals surface area contributed by atoms with Crippen LogP contribution in [0.1, 0.15) is 61.2 Å². The van der Waals surface area contributed by atoms with Gasteiger partial charge in [-0.15, -0.1) is 11.3 Å². The summed E-state index contributed by atoms with van der Waals surface area (Å²) in [6.45, 7) is 8.29. The van der Waals surface area contributed by atoms with E-state index in [1.54, 1.807) is 0 Å². The van der Waals surface area contributed by atoms with E-state index in [0.29, 0.717) is 11.8 Å². The van der Waals surface area contributed by atoms with E-state index in [9.17, 15) is 0 Å². The maximum Gasteiger partial charge on any atom is 0.122 e. The first kappa shape index (κ1) is 14.9. The second-order valence-electron chi connectivity index (χ2n) is 5.63. The summed E-state index contributed by atoms with van der Waals surface area (Å²) < 4.78 is 5.89. The highest BCUT2D eigenvalue weighted by atomic mass is 32.1. The SMILES string of the molecule is CCOC(c1nc2c(s1)CCCC2CNC)C(C)C. The third-order valence-electron chi connectivity index (χ3n) is 3.73. The Balaban J connectivity index is 2.24. The van der Waals surface area contributed by atoms with Gasteiger partial charge in [0.15, 0.2) is 0 Å². The van der Waals surface area contributed by atoms with Crippen molar-refractivity contribution in [2.45, 2.75) is 52.1 Å². The summed E-state index contributed by atoms with van der Waals surface area (Å²) in [5.41, 5.74) is 1.34. The highest BCUT2D eigenvalue weighted by Crippen LogP contribution is 2.38. The Bertz CT molecular complexity index is 403. The second kappa shape index (κ2) is 6.82. The summed E-state index contributed by atoms with van der Waals surface area (Å²) in [5.74, 6) is 1.07. The van der Waals surface area contributed by atoms with Gasteiger partial charge < -0.3 is 10.1 Å². The predicted molar refractivity (Wildman–Crippen MR) is 80.9 cm³/mol. The number of ether oxygens (including phenoxy) is 1. The van der Waals surface area contributed by atoms with Gasteiger partial charge in [-0.2, -0.15) is 0 Å². The number of hydrogen-bond donors (Lipinski definition) is 1. The summed E-state index contributed by atoms with van der Waals surface area (Å²) in [5, 5.41) is 4.48. The summed E-state index contributed by atoms with van der Waals surface area (Å²) in [6, 6.07) is 0. The van der Waals surface area contributed by atoms with E-state index in [4.69, 9.17) is 9.72 Å². The number of likely N-dealkylation sites (N-methyl/N-ethyl adjacent to an activating group) is 1. The van der Waals surface area contributed by atoms with Gasteiger partial charge in [0.25, 0.3) is 0 Å². The lowest BCUT2D eigenvalue weighted by Gasteiger charge is -2.20. The van der Waals surface area contributed by atoms with Gasteiger partial charge in [-0.05, 0) is 39.2 Å². The van der Waals surface area contributed by atoms with E-state index in [2.05, 4.69) is 26.1 Å². The van der Waals surface area contributed by atoms with E-state index in [-0.39, 0.29) is 6.10 Å². The lowest BCUT2D eigenvalue weighted by atomic mass is 9.91. The second-order valence-corrected chi connectivity index (χ2v) is 6.74. The Morgan fingerprint density at radius 1 is 1.47 bits per heavy atom. The van der Waals surface area contributed by atoms with E-state index >= 15 is 0 Å². The summed E-state index contributed by atoms with van der Waals surface area (Å²) in [7, 11) is 2.03. The molecule has 108 valence electrons. The van der Waals surface area contributed by atoms with Crippen molar-refractivity contribution in [1.82, 2.24) is 10.3 Å². The van der Waals surface area contributed by atoms with E-state index in [0.717, 1.165) is 13.2 Å². The number of aryl methyl sites for hydroxylation is 1. The third-order valence-corrected chi connectivity index (χ3v) is 4.93. The molecule has 0 bridgehead atoms.